The van der Waals surface area contributed by atoms with Gasteiger partial charge in [-0.2, -0.15) is 5.26 Å². The van der Waals surface area contributed by atoms with Crippen molar-refractivity contribution in [2.45, 2.75) is 6.92 Å². The number of aliphatic imine (C=N–C) groups is 1. The van der Waals surface area contributed by atoms with Gasteiger partial charge in [-0.05, 0) is 18.6 Å². The van der Waals surface area contributed by atoms with Gasteiger partial charge in [0.05, 0.1) is 5.69 Å². The molecule has 0 fully saturated rings. The highest BCUT2D eigenvalue weighted by Crippen LogP contribution is 2.12. The van der Waals surface area contributed by atoms with Crippen LogP contribution in [0.25, 0.3) is 5.57 Å². The largest absolute Gasteiger partial charge is 0.258 e. The molecule has 0 amide bonds. The van der Waals surface area contributed by atoms with E-state index >= 15 is 0 Å². The molecule has 1 rings (SSSR count). The summed E-state index contributed by atoms with van der Waals surface area (Å²) in [6.07, 6.45) is 2.86. The third-order valence-electron chi connectivity index (χ3n) is 1.90. The lowest BCUT2D eigenvalue weighted by Gasteiger charge is -2.01. The van der Waals surface area contributed by atoms with Gasteiger partial charge in [0.15, 0.2) is 0 Å². The summed E-state index contributed by atoms with van der Waals surface area (Å²) in [6, 6.07) is 3.09. The third-order valence-corrected chi connectivity index (χ3v) is 1.90. The average molecular weight is 215 g/mol. The quantitative estimate of drug-likeness (QED) is 0.574. The molecule has 0 radical (unpaired) electrons. The summed E-state index contributed by atoms with van der Waals surface area (Å²) in [4.78, 5) is 7.60. The van der Waals surface area contributed by atoms with Crippen molar-refractivity contribution in [2.24, 2.45) is 4.99 Å². The second-order valence-corrected chi connectivity index (χ2v) is 3.13. The number of pyridine rings is 1. The van der Waals surface area contributed by atoms with Crippen molar-refractivity contribution in [3.05, 3.63) is 48.2 Å². The number of nitrogens with zero attached hydrogens (tertiary/aromatic N) is 3. The van der Waals surface area contributed by atoms with Crippen LogP contribution >= 0.6 is 0 Å². The molecule has 0 aromatic carbocycles. The number of nitriles is 1. The molecule has 0 aliphatic heterocycles. The summed E-state index contributed by atoms with van der Waals surface area (Å²) in [5, 5.41) is 8.43. The lowest BCUT2D eigenvalue weighted by atomic mass is 10.1. The van der Waals surface area contributed by atoms with Crippen molar-refractivity contribution >= 4 is 11.8 Å². The minimum Gasteiger partial charge on any atom is -0.258 e. The number of hydrogen-bond donors (Lipinski definition) is 0. The Balaban J connectivity index is 2.90. The van der Waals surface area contributed by atoms with Crippen LogP contribution in [0.5, 0.6) is 0 Å². The molecule has 0 aliphatic carbocycles. The van der Waals surface area contributed by atoms with E-state index in [1.165, 1.54) is 18.5 Å². The van der Waals surface area contributed by atoms with E-state index in [0.717, 1.165) is 0 Å². The second kappa shape index (κ2) is 4.99. The summed E-state index contributed by atoms with van der Waals surface area (Å²) in [7, 11) is 0. The van der Waals surface area contributed by atoms with Crippen molar-refractivity contribution in [1.29, 1.82) is 5.26 Å². The highest BCUT2D eigenvalue weighted by molar-refractivity contribution is 6.09. The smallest absolute Gasteiger partial charge is 0.145 e. The molecule has 1 aromatic heterocycles. The highest BCUT2D eigenvalue weighted by atomic mass is 19.1. The molecule has 1 aromatic rings. The Labute approximate surface area is 93.3 Å². The SMILES string of the molecule is C=C(C#N)N=CC(=C)c1cnc(C)c(F)c1. The fraction of sp³-hybridized carbons (Fsp3) is 0.0833. The van der Waals surface area contributed by atoms with Gasteiger partial charge < -0.3 is 0 Å². The molecule has 80 valence electrons. The molecule has 16 heavy (non-hydrogen) atoms. The summed E-state index contributed by atoms with van der Waals surface area (Å²) in [6.45, 7) is 8.65. The summed E-state index contributed by atoms with van der Waals surface area (Å²) in [5.41, 5.74) is 1.40. The molecular formula is C12H10FN3. The predicted molar refractivity (Wildman–Crippen MR) is 61.2 cm³/mol. The van der Waals surface area contributed by atoms with Gasteiger partial charge in [0.2, 0.25) is 0 Å². The Kier molecular flexibility index (Phi) is 3.67. The van der Waals surface area contributed by atoms with Gasteiger partial charge in [0.25, 0.3) is 0 Å². The molecular weight excluding hydrogens is 205 g/mol. The molecule has 0 saturated heterocycles. The van der Waals surface area contributed by atoms with Crippen LogP contribution < -0.4 is 0 Å². The molecule has 3 nitrogen and oxygen atoms in total. The van der Waals surface area contributed by atoms with Crippen LogP contribution in [-0.2, 0) is 0 Å². The molecule has 4 heteroatoms. The number of aryl methyl sites for hydroxylation is 1. The van der Waals surface area contributed by atoms with Crippen LogP contribution in [0.4, 0.5) is 4.39 Å². The molecule has 1 heterocycles. The molecule has 0 saturated carbocycles. The maximum absolute atomic E-state index is 13.2. The van der Waals surface area contributed by atoms with Gasteiger partial charge in [-0.1, -0.05) is 13.2 Å². The van der Waals surface area contributed by atoms with Gasteiger partial charge in [0.1, 0.15) is 17.6 Å². The lowest BCUT2D eigenvalue weighted by molar-refractivity contribution is 0.609. The van der Waals surface area contributed by atoms with Crippen LogP contribution in [0.3, 0.4) is 0 Å². The minimum absolute atomic E-state index is 0.0710. The topological polar surface area (TPSA) is 49.0 Å². The van der Waals surface area contributed by atoms with Crippen LogP contribution in [0.1, 0.15) is 11.3 Å². The first-order valence-electron chi connectivity index (χ1n) is 4.49. The van der Waals surface area contributed by atoms with Gasteiger partial charge >= 0.3 is 0 Å². The Morgan fingerprint density at radius 2 is 2.31 bits per heavy atom. The van der Waals surface area contributed by atoms with Crippen LogP contribution in [0, 0.1) is 24.1 Å². The summed E-state index contributed by atoms with van der Waals surface area (Å²) in [5.74, 6) is -0.397. The fourth-order valence-corrected chi connectivity index (χ4v) is 0.941. The average Bonchev–Trinajstić information content (AvgIpc) is 2.29. The first-order chi connectivity index (χ1) is 7.54. The van der Waals surface area contributed by atoms with E-state index in [4.69, 9.17) is 5.26 Å². The van der Waals surface area contributed by atoms with Crippen molar-refractivity contribution < 1.29 is 4.39 Å². The van der Waals surface area contributed by atoms with Crippen molar-refractivity contribution in [1.82, 2.24) is 4.98 Å². The van der Waals surface area contributed by atoms with E-state index in [1.807, 2.05) is 0 Å². The molecule has 0 N–H and O–H groups in total. The van der Waals surface area contributed by atoms with E-state index in [0.29, 0.717) is 16.8 Å². The van der Waals surface area contributed by atoms with E-state index in [9.17, 15) is 4.39 Å². The van der Waals surface area contributed by atoms with Crippen LogP contribution in [0.2, 0.25) is 0 Å². The Morgan fingerprint density at radius 1 is 1.62 bits per heavy atom. The maximum Gasteiger partial charge on any atom is 0.145 e. The zero-order valence-corrected chi connectivity index (χ0v) is 8.87. The molecule has 0 atom stereocenters. The van der Waals surface area contributed by atoms with Crippen LogP contribution in [-0.4, -0.2) is 11.2 Å². The number of allylic oxidation sites excluding steroid dienone is 2. The van der Waals surface area contributed by atoms with Crippen molar-refractivity contribution in [3.63, 3.8) is 0 Å². The summed E-state index contributed by atoms with van der Waals surface area (Å²) < 4.78 is 13.2. The number of aromatic nitrogens is 1. The fourth-order valence-electron chi connectivity index (χ4n) is 0.941. The molecule has 0 unspecified atom stereocenters. The zero-order chi connectivity index (χ0) is 12.1. The first-order valence-corrected chi connectivity index (χ1v) is 4.49. The van der Waals surface area contributed by atoms with Gasteiger partial charge in [0, 0.05) is 18.0 Å². The van der Waals surface area contributed by atoms with E-state index < -0.39 is 5.82 Å². The predicted octanol–water partition coefficient (Wildman–Crippen LogP) is 2.65. The van der Waals surface area contributed by atoms with Crippen molar-refractivity contribution in [3.8, 4) is 6.07 Å². The molecule has 0 spiro atoms. The van der Waals surface area contributed by atoms with Crippen molar-refractivity contribution in [2.75, 3.05) is 0 Å². The Morgan fingerprint density at radius 3 is 2.88 bits per heavy atom. The van der Waals surface area contributed by atoms with Gasteiger partial charge in [-0.3, -0.25) is 4.98 Å². The normalized spacial score (nSPS) is 10.1. The van der Waals surface area contributed by atoms with Gasteiger partial charge in [-0.15, -0.1) is 0 Å². The zero-order valence-electron chi connectivity index (χ0n) is 8.87. The van der Waals surface area contributed by atoms with E-state index in [2.05, 4.69) is 23.1 Å². The lowest BCUT2D eigenvalue weighted by Crippen LogP contribution is -1.92. The second-order valence-electron chi connectivity index (χ2n) is 3.13. The first kappa shape index (κ1) is 11.8. The Bertz CT molecular complexity index is 509. The number of halogens is 1. The third kappa shape index (κ3) is 2.85. The standard InChI is InChI=1S/C12H10FN3/c1-8(6-15-9(2)5-14)11-4-12(13)10(3)16-7-11/h4,6-7H,1-2H2,3H3. The minimum atomic E-state index is -0.397. The van der Waals surface area contributed by atoms with Crippen LogP contribution in [0.15, 0.2) is 36.1 Å². The monoisotopic (exact) mass is 215 g/mol. The highest BCUT2D eigenvalue weighted by Gasteiger charge is 2.02. The Hall–Kier alpha value is -2.28. The van der Waals surface area contributed by atoms with E-state index in [1.54, 1.807) is 13.0 Å². The van der Waals surface area contributed by atoms with Gasteiger partial charge in [-0.25, -0.2) is 9.38 Å². The number of hydrogen-bond acceptors (Lipinski definition) is 3. The number of rotatable bonds is 3. The molecule has 0 aliphatic rings. The summed E-state index contributed by atoms with van der Waals surface area (Å²) >= 11 is 0. The molecule has 0 bridgehead atoms. The van der Waals surface area contributed by atoms with E-state index in [-0.39, 0.29) is 5.70 Å². The maximum atomic E-state index is 13.2.